The highest BCUT2D eigenvalue weighted by Crippen LogP contribution is 2.19. The zero-order valence-corrected chi connectivity index (χ0v) is 19.2. The molecule has 8 nitrogen and oxygen atoms in total. The number of benzene rings is 2. The second-order valence-corrected chi connectivity index (χ2v) is 8.97. The van der Waals surface area contributed by atoms with E-state index in [4.69, 9.17) is 0 Å². The molecule has 4 aromatic rings. The molecule has 1 fully saturated rings. The van der Waals surface area contributed by atoms with Crippen LogP contribution in [-0.4, -0.2) is 61.9 Å². The first-order valence-corrected chi connectivity index (χ1v) is 12.0. The van der Waals surface area contributed by atoms with E-state index in [2.05, 4.69) is 27.2 Å². The van der Waals surface area contributed by atoms with Crippen molar-refractivity contribution in [2.45, 2.75) is 11.7 Å². The summed E-state index contributed by atoms with van der Waals surface area (Å²) in [6.07, 6.45) is 3.36. The highest BCUT2D eigenvalue weighted by Gasteiger charge is 2.22. The molecule has 1 amide bonds. The zero-order chi connectivity index (χ0) is 23.5. The summed E-state index contributed by atoms with van der Waals surface area (Å²) in [6, 6.07) is 16.2. The van der Waals surface area contributed by atoms with E-state index in [0.29, 0.717) is 24.8 Å². The molecule has 2 aromatic carbocycles. The van der Waals surface area contributed by atoms with Gasteiger partial charge >= 0.3 is 0 Å². The fraction of sp³-hybridized carbons (Fsp3) is 0.250. The molecule has 0 aliphatic carbocycles. The summed E-state index contributed by atoms with van der Waals surface area (Å²) < 4.78 is 16.2. The van der Waals surface area contributed by atoms with Gasteiger partial charge in [-0.2, -0.15) is 0 Å². The number of thioether (sulfide) groups is 1. The van der Waals surface area contributed by atoms with Gasteiger partial charge in [-0.15, -0.1) is 10.2 Å². The summed E-state index contributed by atoms with van der Waals surface area (Å²) in [7, 11) is 0. The van der Waals surface area contributed by atoms with Gasteiger partial charge in [-0.1, -0.05) is 42.1 Å². The maximum Gasteiger partial charge on any atom is 0.296 e. The maximum absolute atomic E-state index is 13.1. The molecule has 0 bridgehead atoms. The van der Waals surface area contributed by atoms with Gasteiger partial charge in [0.15, 0.2) is 5.16 Å². The summed E-state index contributed by atoms with van der Waals surface area (Å²) in [5, 5.41) is 8.65. The Kier molecular flexibility index (Phi) is 6.31. The predicted octanol–water partition coefficient (Wildman–Crippen LogP) is 2.52. The van der Waals surface area contributed by atoms with Crippen molar-refractivity contribution in [1.82, 2.24) is 24.1 Å². The lowest BCUT2D eigenvalue weighted by atomic mass is 10.2. The Hall–Kier alpha value is -3.66. The average molecular weight is 479 g/mol. The van der Waals surface area contributed by atoms with Crippen LogP contribution < -0.4 is 10.5 Å². The summed E-state index contributed by atoms with van der Waals surface area (Å²) in [6.45, 7) is 3.23. The van der Waals surface area contributed by atoms with Gasteiger partial charge < -0.3 is 14.4 Å². The highest BCUT2D eigenvalue weighted by atomic mass is 32.2. The molecule has 0 radical (unpaired) electrons. The normalized spacial score (nSPS) is 14.0. The monoisotopic (exact) mass is 478 g/mol. The van der Waals surface area contributed by atoms with Crippen LogP contribution in [0, 0.1) is 5.82 Å². The number of nitrogens with zero attached hydrogens (tertiary/aromatic N) is 6. The van der Waals surface area contributed by atoms with Crippen LogP contribution in [0.4, 0.5) is 10.1 Å². The van der Waals surface area contributed by atoms with E-state index in [1.165, 1.54) is 34.1 Å². The molecule has 0 unspecified atom stereocenters. The van der Waals surface area contributed by atoms with Gasteiger partial charge in [0, 0.05) is 44.3 Å². The third-order valence-electron chi connectivity index (χ3n) is 5.86. The molecule has 5 rings (SSSR count). The fourth-order valence-electron chi connectivity index (χ4n) is 3.98. The van der Waals surface area contributed by atoms with E-state index in [0.717, 1.165) is 18.7 Å². The minimum atomic E-state index is -0.321. The maximum atomic E-state index is 13.1. The van der Waals surface area contributed by atoms with Crippen molar-refractivity contribution in [2.75, 3.05) is 36.8 Å². The van der Waals surface area contributed by atoms with Crippen LogP contribution in [0.15, 0.2) is 76.9 Å². The SMILES string of the molecule is O=C(CSc1nnc2c(=O)n(Cc3ccc(F)cc3)ccn12)N1CCN(c2ccccc2)CC1. The van der Waals surface area contributed by atoms with Crippen LogP contribution in [0.1, 0.15) is 5.56 Å². The van der Waals surface area contributed by atoms with E-state index in [9.17, 15) is 14.0 Å². The van der Waals surface area contributed by atoms with Crippen LogP contribution in [0.3, 0.4) is 0 Å². The minimum absolute atomic E-state index is 0.0408. The Morgan fingerprint density at radius 2 is 1.68 bits per heavy atom. The Balaban J connectivity index is 1.21. The Bertz CT molecular complexity index is 1350. The number of amides is 1. The van der Waals surface area contributed by atoms with Gasteiger partial charge in [-0.25, -0.2) is 4.39 Å². The van der Waals surface area contributed by atoms with E-state index in [1.54, 1.807) is 28.9 Å². The number of carbonyl (C=O) groups excluding carboxylic acids is 1. The van der Waals surface area contributed by atoms with Gasteiger partial charge in [-0.3, -0.25) is 14.0 Å². The predicted molar refractivity (Wildman–Crippen MR) is 129 cm³/mol. The smallest absolute Gasteiger partial charge is 0.296 e. The first-order chi connectivity index (χ1) is 16.6. The Morgan fingerprint density at radius 1 is 0.941 bits per heavy atom. The topological polar surface area (TPSA) is 75.7 Å². The van der Waals surface area contributed by atoms with Gasteiger partial charge in [0.05, 0.1) is 12.3 Å². The molecule has 1 aliphatic rings. The quantitative estimate of drug-likeness (QED) is 0.397. The van der Waals surface area contributed by atoms with E-state index in [1.807, 2.05) is 23.1 Å². The van der Waals surface area contributed by atoms with Crippen molar-refractivity contribution in [3.05, 3.63) is 88.7 Å². The number of para-hydroxylation sites is 1. The number of rotatable bonds is 6. The fourth-order valence-corrected chi connectivity index (χ4v) is 4.80. The molecule has 174 valence electrons. The van der Waals surface area contributed by atoms with Gasteiger partial charge in [-0.05, 0) is 29.8 Å². The van der Waals surface area contributed by atoms with Crippen LogP contribution >= 0.6 is 11.8 Å². The Labute approximate surface area is 199 Å². The van der Waals surface area contributed by atoms with E-state index in [-0.39, 0.29) is 28.7 Å². The third kappa shape index (κ3) is 4.67. The van der Waals surface area contributed by atoms with Gasteiger partial charge in [0.25, 0.3) is 5.56 Å². The first kappa shape index (κ1) is 22.1. The van der Waals surface area contributed by atoms with Crippen LogP contribution in [-0.2, 0) is 11.3 Å². The summed E-state index contributed by atoms with van der Waals surface area (Å²) in [5.41, 5.74) is 1.87. The van der Waals surface area contributed by atoms with Crippen molar-refractivity contribution in [3.63, 3.8) is 0 Å². The lowest BCUT2D eigenvalue weighted by Gasteiger charge is -2.36. The van der Waals surface area contributed by atoms with Crippen molar-refractivity contribution in [3.8, 4) is 0 Å². The number of halogens is 1. The molecular formula is C24H23FN6O2S. The number of fused-ring (bicyclic) bond motifs is 1. The molecule has 0 atom stereocenters. The number of carbonyl (C=O) groups is 1. The molecule has 1 aliphatic heterocycles. The van der Waals surface area contributed by atoms with Crippen molar-refractivity contribution in [2.24, 2.45) is 0 Å². The average Bonchev–Trinajstić information content (AvgIpc) is 3.30. The first-order valence-electron chi connectivity index (χ1n) is 11.0. The van der Waals surface area contributed by atoms with Gasteiger partial charge in [0.2, 0.25) is 11.6 Å². The molecule has 1 saturated heterocycles. The number of piperazine rings is 1. The second-order valence-electron chi connectivity index (χ2n) is 8.03. The molecule has 0 saturated carbocycles. The highest BCUT2D eigenvalue weighted by molar-refractivity contribution is 7.99. The molecule has 10 heteroatoms. The standard InChI is InChI=1S/C24H23FN6O2S/c25-19-8-6-18(7-9-19)16-30-14-15-31-22(23(30)33)26-27-24(31)34-17-21(32)29-12-10-28(11-13-29)20-4-2-1-3-5-20/h1-9,14-15H,10-13,16-17H2. The Morgan fingerprint density at radius 3 is 2.41 bits per heavy atom. The van der Waals surface area contributed by atoms with E-state index < -0.39 is 0 Å². The van der Waals surface area contributed by atoms with Crippen LogP contribution in [0.2, 0.25) is 0 Å². The lowest BCUT2D eigenvalue weighted by molar-refractivity contribution is -0.128. The summed E-state index contributed by atoms with van der Waals surface area (Å²) in [4.78, 5) is 29.7. The minimum Gasteiger partial charge on any atom is -0.368 e. The van der Waals surface area contributed by atoms with Crippen LogP contribution in [0.5, 0.6) is 0 Å². The number of aromatic nitrogens is 4. The van der Waals surface area contributed by atoms with Crippen molar-refractivity contribution < 1.29 is 9.18 Å². The van der Waals surface area contributed by atoms with Crippen molar-refractivity contribution in [1.29, 1.82) is 0 Å². The number of hydrogen-bond acceptors (Lipinski definition) is 6. The summed E-state index contributed by atoms with van der Waals surface area (Å²) >= 11 is 1.27. The molecule has 0 N–H and O–H groups in total. The van der Waals surface area contributed by atoms with Crippen molar-refractivity contribution >= 4 is 29.0 Å². The number of hydrogen-bond donors (Lipinski definition) is 0. The molecule has 3 heterocycles. The third-order valence-corrected chi connectivity index (χ3v) is 6.78. The second kappa shape index (κ2) is 9.68. The largest absolute Gasteiger partial charge is 0.368 e. The molecule has 34 heavy (non-hydrogen) atoms. The lowest BCUT2D eigenvalue weighted by Crippen LogP contribution is -2.49. The number of anilines is 1. The summed E-state index contributed by atoms with van der Waals surface area (Å²) in [5.74, 6) is -0.0532. The zero-order valence-electron chi connectivity index (χ0n) is 18.4. The van der Waals surface area contributed by atoms with E-state index >= 15 is 0 Å². The van der Waals surface area contributed by atoms with Crippen LogP contribution in [0.25, 0.3) is 5.65 Å². The van der Waals surface area contributed by atoms with Gasteiger partial charge in [0.1, 0.15) is 5.82 Å². The molecule has 2 aromatic heterocycles. The molecular weight excluding hydrogens is 455 g/mol. The molecule has 0 spiro atoms.